The van der Waals surface area contributed by atoms with Gasteiger partial charge in [-0.05, 0) is 18.8 Å². The molecule has 0 radical (unpaired) electrons. The highest BCUT2D eigenvalue weighted by Crippen LogP contribution is 2.21. The van der Waals surface area contributed by atoms with Crippen LogP contribution in [-0.2, 0) is 4.74 Å². The van der Waals surface area contributed by atoms with Gasteiger partial charge in [0.25, 0.3) is 0 Å². The molecule has 0 aromatic carbocycles. The Morgan fingerprint density at radius 2 is 2.50 bits per heavy atom. The summed E-state index contributed by atoms with van der Waals surface area (Å²) in [4.78, 5) is 0. The molecule has 2 nitrogen and oxygen atoms in total. The van der Waals surface area contributed by atoms with E-state index in [0.717, 1.165) is 19.3 Å². The Morgan fingerprint density at radius 1 is 1.70 bits per heavy atom. The van der Waals surface area contributed by atoms with Gasteiger partial charge in [0, 0.05) is 13.0 Å². The van der Waals surface area contributed by atoms with Crippen LogP contribution in [0.2, 0.25) is 0 Å². The third-order valence-corrected chi connectivity index (χ3v) is 1.87. The number of aliphatic hydroxyl groups is 1. The van der Waals surface area contributed by atoms with E-state index < -0.39 is 6.29 Å². The minimum Gasteiger partial charge on any atom is -0.368 e. The smallest absolute Gasteiger partial charge is 0.154 e. The van der Waals surface area contributed by atoms with Crippen LogP contribution in [0, 0.1) is 5.92 Å². The second-order valence-corrected chi connectivity index (χ2v) is 2.74. The first-order valence-electron chi connectivity index (χ1n) is 3.73. The van der Waals surface area contributed by atoms with Crippen molar-refractivity contribution in [1.29, 1.82) is 0 Å². The van der Waals surface area contributed by atoms with Crippen molar-refractivity contribution in [1.82, 2.24) is 0 Å². The zero-order valence-electron chi connectivity index (χ0n) is 6.12. The largest absolute Gasteiger partial charge is 0.368 e. The second-order valence-electron chi connectivity index (χ2n) is 2.74. The highest BCUT2D eigenvalue weighted by Gasteiger charge is 2.18. The van der Waals surface area contributed by atoms with Gasteiger partial charge in [0.1, 0.15) is 0 Å². The summed E-state index contributed by atoms with van der Waals surface area (Å²) in [5.41, 5.74) is 0. The second kappa shape index (κ2) is 3.74. The molecule has 1 rings (SSSR count). The maximum Gasteiger partial charge on any atom is 0.154 e. The first kappa shape index (κ1) is 7.76. The summed E-state index contributed by atoms with van der Waals surface area (Å²) in [6.45, 7) is 4.35. The van der Waals surface area contributed by atoms with E-state index >= 15 is 0 Å². The zero-order valence-corrected chi connectivity index (χ0v) is 6.12. The van der Waals surface area contributed by atoms with Crippen LogP contribution in [0.25, 0.3) is 0 Å². The van der Waals surface area contributed by atoms with E-state index in [2.05, 4.69) is 6.58 Å². The van der Waals surface area contributed by atoms with Gasteiger partial charge in [0.2, 0.25) is 0 Å². The van der Waals surface area contributed by atoms with Gasteiger partial charge >= 0.3 is 0 Å². The Kier molecular flexibility index (Phi) is 2.90. The first-order valence-corrected chi connectivity index (χ1v) is 3.73. The van der Waals surface area contributed by atoms with E-state index in [1.54, 1.807) is 0 Å². The predicted octanol–water partition coefficient (Wildman–Crippen LogP) is 1.31. The molecule has 0 aromatic rings. The molecule has 1 saturated heterocycles. The highest BCUT2D eigenvalue weighted by atomic mass is 16.6. The molecular weight excluding hydrogens is 128 g/mol. The van der Waals surface area contributed by atoms with Crippen LogP contribution in [0.15, 0.2) is 12.7 Å². The van der Waals surface area contributed by atoms with Crippen molar-refractivity contribution in [3.63, 3.8) is 0 Å². The molecule has 0 aromatic heterocycles. The Labute approximate surface area is 61.5 Å². The summed E-state index contributed by atoms with van der Waals surface area (Å²) in [6.07, 6.45) is 4.21. The standard InChI is InChI=1S/C8H14O2/c1-2-3-7-4-5-10-8(9)6-7/h2,7-9H,1,3-6H2. The van der Waals surface area contributed by atoms with Crippen molar-refractivity contribution in [3.05, 3.63) is 12.7 Å². The SMILES string of the molecule is C=CCC1CCOC(O)C1. The van der Waals surface area contributed by atoms with Crippen LogP contribution in [0.4, 0.5) is 0 Å². The van der Waals surface area contributed by atoms with Crippen LogP contribution in [0.1, 0.15) is 19.3 Å². The molecule has 2 heteroatoms. The quantitative estimate of drug-likeness (QED) is 0.589. The maximum absolute atomic E-state index is 9.05. The number of hydrogen-bond acceptors (Lipinski definition) is 2. The van der Waals surface area contributed by atoms with Gasteiger partial charge in [0.05, 0.1) is 0 Å². The van der Waals surface area contributed by atoms with E-state index in [-0.39, 0.29) is 0 Å². The number of hydrogen-bond donors (Lipinski definition) is 1. The molecule has 1 aliphatic heterocycles. The van der Waals surface area contributed by atoms with Crippen molar-refractivity contribution >= 4 is 0 Å². The lowest BCUT2D eigenvalue weighted by atomic mass is 9.96. The van der Waals surface area contributed by atoms with E-state index in [4.69, 9.17) is 9.84 Å². The summed E-state index contributed by atoms with van der Waals surface area (Å²) in [5, 5.41) is 9.05. The third-order valence-electron chi connectivity index (χ3n) is 1.87. The van der Waals surface area contributed by atoms with E-state index in [1.807, 2.05) is 6.08 Å². The molecule has 0 aliphatic carbocycles. The zero-order chi connectivity index (χ0) is 7.40. The van der Waals surface area contributed by atoms with E-state index in [0.29, 0.717) is 12.5 Å². The number of ether oxygens (including phenoxy) is 1. The van der Waals surface area contributed by atoms with Gasteiger partial charge in [-0.25, -0.2) is 0 Å². The van der Waals surface area contributed by atoms with Crippen molar-refractivity contribution in [2.45, 2.75) is 25.6 Å². The van der Waals surface area contributed by atoms with Crippen LogP contribution >= 0.6 is 0 Å². The van der Waals surface area contributed by atoms with Crippen molar-refractivity contribution < 1.29 is 9.84 Å². The molecule has 0 saturated carbocycles. The molecule has 0 bridgehead atoms. The van der Waals surface area contributed by atoms with Crippen molar-refractivity contribution in [2.75, 3.05) is 6.61 Å². The van der Waals surface area contributed by atoms with Gasteiger partial charge < -0.3 is 9.84 Å². The van der Waals surface area contributed by atoms with Crippen LogP contribution in [0.3, 0.4) is 0 Å². The summed E-state index contributed by atoms with van der Waals surface area (Å²) >= 11 is 0. The van der Waals surface area contributed by atoms with Gasteiger partial charge in [-0.2, -0.15) is 0 Å². The van der Waals surface area contributed by atoms with Gasteiger partial charge in [0.15, 0.2) is 6.29 Å². The highest BCUT2D eigenvalue weighted by molar-refractivity contribution is 4.75. The normalized spacial score (nSPS) is 33.7. The fourth-order valence-corrected chi connectivity index (χ4v) is 1.29. The molecule has 58 valence electrons. The monoisotopic (exact) mass is 142 g/mol. The number of aliphatic hydroxyl groups excluding tert-OH is 1. The number of rotatable bonds is 2. The van der Waals surface area contributed by atoms with Crippen LogP contribution < -0.4 is 0 Å². The van der Waals surface area contributed by atoms with E-state index in [1.165, 1.54) is 0 Å². The summed E-state index contributed by atoms with van der Waals surface area (Å²) in [7, 11) is 0. The predicted molar refractivity (Wildman–Crippen MR) is 39.5 cm³/mol. The Balaban J connectivity index is 2.24. The van der Waals surface area contributed by atoms with Gasteiger partial charge in [-0.15, -0.1) is 6.58 Å². The topological polar surface area (TPSA) is 29.5 Å². The molecule has 0 spiro atoms. The lowest BCUT2D eigenvalue weighted by Gasteiger charge is -2.24. The molecular formula is C8H14O2. The van der Waals surface area contributed by atoms with Gasteiger partial charge in [-0.3, -0.25) is 0 Å². The van der Waals surface area contributed by atoms with Crippen molar-refractivity contribution in [3.8, 4) is 0 Å². The minimum absolute atomic E-state index is 0.529. The first-order chi connectivity index (χ1) is 4.83. The molecule has 1 heterocycles. The molecule has 1 fully saturated rings. The van der Waals surface area contributed by atoms with Crippen LogP contribution in [-0.4, -0.2) is 18.0 Å². The molecule has 2 atom stereocenters. The van der Waals surface area contributed by atoms with E-state index in [9.17, 15) is 0 Å². The lowest BCUT2D eigenvalue weighted by Crippen LogP contribution is -2.24. The fourth-order valence-electron chi connectivity index (χ4n) is 1.29. The molecule has 0 amide bonds. The molecule has 10 heavy (non-hydrogen) atoms. The molecule has 1 N–H and O–H groups in total. The summed E-state index contributed by atoms with van der Waals surface area (Å²) in [5.74, 6) is 0.584. The number of allylic oxidation sites excluding steroid dienone is 1. The average molecular weight is 142 g/mol. The van der Waals surface area contributed by atoms with Gasteiger partial charge in [-0.1, -0.05) is 6.08 Å². The van der Waals surface area contributed by atoms with Crippen molar-refractivity contribution in [2.24, 2.45) is 5.92 Å². The minimum atomic E-state index is -0.529. The summed E-state index contributed by atoms with van der Waals surface area (Å²) < 4.78 is 4.98. The Hall–Kier alpha value is -0.340. The average Bonchev–Trinajstić information content (AvgIpc) is 1.88. The maximum atomic E-state index is 9.05. The summed E-state index contributed by atoms with van der Waals surface area (Å²) in [6, 6.07) is 0. The lowest BCUT2D eigenvalue weighted by molar-refractivity contribution is -0.137. The Morgan fingerprint density at radius 3 is 3.10 bits per heavy atom. The Bertz CT molecular complexity index is 112. The molecule has 2 unspecified atom stereocenters. The van der Waals surface area contributed by atoms with Crippen LogP contribution in [0.5, 0.6) is 0 Å². The molecule has 1 aliphatic rings. The third kappa shape index (κ3) is 2.12. The fraction of sp³-hybridized carbons (Fsp3) is 0.750.